The number of nitrogens with one attached hydrogen (secondary N) is 1. The van der Waals surface area contributed by atoms with Gasteiger partial charge >= 0.3 is 6.09 Å². The second kappa shape index (κ2) is 6.81. The summed E-state index contributed by atoms with van der Waals surface area (Å²) in [7, 11) is 0. The van der Waals surface area contributed by atoms with Crippen LogP contribution in [0.5, 0.6) is 0 Å². The number of para-hydroxylation sites is 1. The average molecular weight is 304 g/mol. The van der Waals surface area contributed by atoms with Gasteiger partial charge < -0.3 is 10.1 Å². The van der Waals surface area contributed by atoms with E-state index in [1.54, 1.807) is 4.90 Å². The number of carbonyl (C=O) groups excluding carboxylic acids is 2. The van der Waals surface area contributed by atoms with E-state index in [0.29, 0.717) is 13.0 Å². The average Bonchev–Trinajstić information content (AvgIpc) is 2.46. The lowest BCUT2D eigenvalue weighted by molar-refractivity contribution is -0.122. The van der Waals surface area contributed by atoms with Gasteiger partial charge in [-0.25, -0.2) is 4.79 Å². The summed E-state index contributed by atoms with van der Waals surface area (Å²) in [6, 6.07) is 8.81. The number of nitrogens with zero attached hydrogens (tertiary/aromatic N) is 1. The molecule has 2 rings (SSSR count). The van der Waals surface area contributed by atoms with E-state index in [2.05, 4.69) is 5.32 Å². The molecule has 2 amide bonds. The number of ether oxygens (including phenoxy) is 1. The van der Waals surface area contributed by atoms with Crippen molar-refractivity contribution in [2.24, 2.45) is 0 Å². The molecule has 0 saturated carbocycles. The largest absolute Gasteiger partial charge is 0.444 e. The predicted octanol–water partition coefficient (Wildman–Crippen LogP) is 3.41. The van der Waals surface area contributed by atoms with Gasteiger partial charge in [-0.2, -0.15) is 0 Å². The van der Waals surface area contributed by atoms with Gasteiger partial charge in [0.1, 0.15) is 11.6 Å². The van der Waals surface area contributed by atoms with E-state index in [0.717, 1.165) is 18.5 Å². The molecular formula is C17H24N2O3. The molecule has 1 aromatic rings. The van der Waals surface area contributed by atoms with E-state index >= 15 is 0 Å². The minimum atomic E-state index is -0.561. The van der Waals surface area contributed by atoms with Crippen LogP contribution in [0, 0.1) is 0 Å². The van der Waals surface area contributed by atoms with Crippen LogP contribution in [0.1, 0.15) is 40.0 Å². The Morgan fingerprint density at radius 2 is 1.86 bits per heavy atom. The van der Waals surface area contributed by atoms with Crippen LogP contribution >= 0.6 is 0 Å². The number of amides is 2. The van der Waals surface area contributed by atoms with Crippen LogP contribution in [0.4, 0.5) is 10.5 Å². The number of rotatable bonds is 2. The highest BCUT2D eigenvalue weighted by Crippen LogP contribution is 2.21. The maximum absolute atomic E-state index is 12.5. The monoisotopic (exact) mass is 304 g/mol. The first kappa shape index (κ1) is 16.3. The van der Waals surface area contributed by atoms with Gasteiger partial charge in [0, 0.05) is 12.2 Å². The molecule has 120 valence electrons. The van der Waals surface area contributed by atoms with Crippen molar-refractivity contribution < 1.29 is 14.3 Å². The molecule has 1 aromatic carbocycles. The molecule has 5 nitrogen and oxygen atoms in total. The van der Waals surface area contributed by atoms with Gasteiger partial charge in [-0.05, 0) is 52.2 Å². The Bertz CT molecular complexity index is 522. The van der Waals surface area contributed by atoms with Crippen molar-refractivity contribution in [3.05, 3.63) is 30.3 Å². The molecule has 0 aromatic heterocycles. The standard InChI is InChI=1S/C17H24N2O3/c1-17(2,3)22-16(21)19-12-8-7-11-14(19)15(20)18-13-9-5-4-6-10-13/h4-6,9-10,14H,7-8,11-12H2,1-3H3,(H,18,20)/t14-/m1/s1. The van der Waals surface area contributed by atoms with E-state index < -0.39 is 17.7 Å². The molecule has 0 bridgehead atoms. The number of hydrogen-bond acceptors (Lipinski definition) is 3. The third-order valence-electron chi connectivity index (χ3n) is 3.47. The lowest BCUT2D eigenvalue weighted by Gasteiger charge is -2.35. The van der Waals surface area contributed by atoms with Crippen LogP contribution in [0.2, 0.25) is 0 Å². The van der Waals surface area contributed by atoms with Crippen molar-refractivity contribution in [2.45, 2.75) is 51.7 Å². The molecule has 1 atom stereocenters. The Kier molecular flexibility index (Phi) is 5.06. The van der Waals surface area contributed by atoms with E-state index in [1.165, 1.54) is 0 Å². The minimum Gasteiger partial charge on any atom is -0.444 e. The van der Waals surface area contributed by atoms with Gasteiger partial charge in [0.15, 0.2) is 0 Å². The van der Waals surface area contributed by atoms with Gasteiger partial charge in [0.2, 0.25) is 5.91 Å². The normalized spacial score (nSPS) is 18.7. The van der Waals surface area contributed by atoms with Crippen molar-refractivity contribution in [1.29, 1.82) is 0 Å². The molecule has 1 aliphatic rings. The summed E-state index contributed by atoms with van der Waals surface area (Å²) in [5, 5.41) is 2.87. The molecule has 1 fully saturated rings. The fourth-order valence-electron chi connectivity index (χ4n) is 2.49. The van der Waals surface area contributed by atoms with E-state index in [-0.39, 0.29) is 5.91 Å². The number of benzene rings is 1. The number of likely N-dealkylation sites (tertiary alicyclic amines) is 1. The molecule has 0 radical (unpaired) electrons. The maximum atomic E-state index is 12.5. The molecule has 5 heteroatoms. The zero-order valence-electron chi connectivity index (χ0n) is 13.5. The van der Waals surface area contributed by atoms with Crippen LogP contribution in [0.15, 0.2) is 30.3 Å². The van der Waals surface area contributed by atoms with E-state index in [9.17, 15) is 9.59 Å². The highest BCUT2D eigenvalue weighted by molar-refractivity contribution is 5.96. The van der Waals surface area contributed by atoms with E-state index in [4.69, 9.17) is 4.74 Å². The van der Waals surface area contributed by atoms with Crippen molar-refractivity contribution in [3.8, 4) is 0 Å². The lowest BCUT2D eigenvalue weighted by atomic mass is 10.0. The van der Waals surface area contributed by atoms with Crippen molar-refractivity contribution in [3.63, 3.8) is 0 Å². The molecule has 1 aliphatic heterocycles. The van der Waals surface area contributed by atoms with Gasteiger partial charge in [-0.15, -0.1) is 0 Å². The van der Waals surface area contributed by atoms with Gasteiger partial charge in [-0.1, -0.05) is 18.2 Å². The second-order valence-corrected chi connectivity index (χ2v) is 6.54. The minimum absolute atomic E-state index is 0.156. The smallest absolute Gasteiger partial charge is 0.410 e. The number of hydrogen-bond donors (Lipinski definition) is 1. The highest BCUT2D eigenvalue weighted by atomic mass is 16.6. The van der Waals surface area contributed by atoms with Crippen LogP contribution < -0.4 is 5.32 Å². The van der Waals surface area contributed by atoms with Gasteiger partial charge in [0.05, 0.1) is 0 Å². The predicted molar refractivity (Wildman–Crippen MR) is 85.7 cm³/mol. The number of piperidine rings is 1. The van der Waals surface area contributed by atoms with E-state index in [1.807, 2.05) is 51.1 Å². The quantitative estimate of drug-likeness (QED) is 0.911. The van der Waals surface area contributed by atoms with Crippen molar-refractivity contribution in [1.82, 2.24) is 4.90 Å². The van der Waals surface area contributed by atoms with Crippen LogP contribution in [-0.4, -0.2) is 35.1 Å². The first-order valence-corrected chi connectivity index (χ1v) is 7.72. The fraction of sp³-hybridized carbons (Fsp3) is 0.529. The molecule has 22 heavy (non-hydrogen) atoms. The summed E-state index contributed by atoms with van der Waals surface area (Å²) < 4.78 is 5.41. The fourth-order valence-corrected chi connectivity index (χ4v) is 2.49. The summed E-state index contributed by atoms with van der Waals surface area (Å²) in [6.07, 6.45) is 2.08. The Hall–Kier alpha value is -2.04. The SMILES string of the molecule is CC(C)(C)OC(=O)N1CCCC[C@@H]1C(=O)Nc1ccccc1. The van der Waals surface area contributed by atoms with Crippen molar-refractivity contribution >= 4 is 17.7 Å². The molecular weight excluding hydrogens is 280 g/mol. The summed E-state index contributed by atoms with van der Waals surface area (Å²) in [5.74, 6) is -0.156. The Balaban J connectivity index is 2.05. The number of anilines is 1. The third-order valence-corrected chi connectivity index (χ3v) is 3.47. The molecule has 0 aliphatic carbocycles. The molecule has 0 unspecified atom stereocenters. The molecule has 1 saturated heterocycles. The van der Waals surface area contributed by atoms with Crippen LogP contribution in [0.3, 0.4) is 0 Å². The summed E-state index contributed by atoms with van der Waals surface area (Å²) in [4.78, 5) is 26.3. The Labute approximate surface area is 131 Å². The van der Waals surface area contributed by atoms with Crippen molar-refractivity contribution in [2.75, 3.05) is 11.9 Å². The molecule has 1 heterocycles. The highest BCUT2D eigenvalue weighted by Gasteiger charge is 2.34. The number of carbonyl (C=O) groups is 2. The molecule has 0 spiro atoms. The van der Waals surface area contributed by atoms with Crippen LogP contribution in [0.25, 0.3) is 0 Å². The Morgan fingerprint density at radius 1 is 1.18 bits per heavy atom. The Morgan fingerprint density at radius 3 is 2.50 bits per heavy atom. The molecule has 1 N–H and O–H groups in total. The summed E-state index contributed by atoms with van der Waals surface area (Å²) in [5.41, 5.74) is 0.178. The summed E-state index contributed by atoms with van der Waals surface area (Å²) in [6.45, 7) is 6.04. The second-order valence-electron chi connectivity index (χ2n) is 6.54. The first-order valence-electron chi connectivity index (χ1n) is 7.72. The zero-order valence-corrected chi connectivity index (χ0v) is 13.5. The lowest BCUT2D eigenvalue weighted by Crippen LogP contribution is -2.51. The maximum Gasteiger partial charge on any atom is 0.410 e. The van der Waals surface area contributed by atoms with Gasteiger partial charge in [0.25, 0.3) is 0 Å². The first-order chi connectivity index (χ1) is 10.4. The zero-order chi connectivity index (χ0) is 16.2. The topological polar surface area (TPSA) is 58.6 Å². The van der Waals surface area contributed by atoms with Crippen LogP contribution in [-0.2, 0) is 9.53 Å². The third kappa shape index (κ3) is 4.48. The summed E-state index contributed by atoms with van der Waals surface area (Å²) >= 11 is 0. The van der Waals surface area contributed by atoms with Gasteiger partial charge in [-0.3, -0.25) is 9.69 Å².